The molecule has 1 N–H and O–H groups in total. The Labute approximate surface area is 119 Å². The molecule has 3 rings (SSSR count). The van der Waals surface area contributed by atoms with Crippen molar-refractivity contribution < 1.29 is 4.74 Å². The fourth-order valence-corrected chi connectivity index (χ4v) is 3.74. The van der Waals surface area contributed by atoms with Gasteiger partial charge in [0.2, 0.25) is 0 Å². The van der Waals surface area contributed by atoms with Crippen molar-refractivity contribution in [3.05, 3.63) is 29.0 Å². The van der Waals surface area contributed by atoms with Gasteiger partial charge in [-0.3, -0.25) is 4.98 Å². The summed E-state index contributed by atoms with van der Waals surface area (Å²) in [4.78, 5) is 4.28. The summed E-state index contributed by atoms with van der Waals surface area (Å²) < 4.78 is 5.37. The molecule has 0 aromatic carbocycles. The van der Waals surface area contributed by atoms with Crippen LogP contribution in [0.1, 0.15) is 31.4 Å². The van der Waals surface area contributed by atoms with Crippen LogP contribution in [0.2, 0.25) is 5.02 Å². The van der Waals surface area contributed by atoms with Crippen molar-refractivity contribution in [2.24, 2.45) is 11.3 Å². The first-order valence-corrected chi connectivity index (χ1v) is 7.41. The number of nitrogens with one attached hydrogen (secondary N) is 1. The number of halogens is 1. The fourth-order valence-electron chi connectivity index (χ4n) is 3.63. The molecule has 1 heterocycles. The maximum atomic E-state index is 5.81. The molecule has 1 aromatic heterocycles. The lowest BCUT2D eigenvalue weighted by Crippen LogP contribution is -2.52. The van der Waals surface area contributed by atoms with Gasteiger partial charge in [0.25, 0.3) is 0 Å². The van der Waals surface area contributed by atoms with Crippen molar-refractivity contribution in [2.75, 3.05) is 13.7 Å². The lowest BCUT2D eigenvalue weighted by molar-refractivity contribution is -0.125. The van der Waals surface area contributed by atoms with Crippen LogP contribution < -0.4 is 5.32 Å². The summed E-state index contributed by atoms with van der Waals surface area (Å²) in [6, 6.07) is 3.87. The van der Waals surface area contributed by atoms with Crippen LogP contribution in [0.3, 0.4) is 0 Å². The molecule has 2 aliphatic carbocycles. The average Bonchev–Trinajstić information content (AvgIpc) is 2.32. The highest BCUT2D eigenvalue weighted by Crippen LogP contribution is 2.59. The van der Waals surface area contributed by atoms with E-state index in [0.29, 0.717) is 16.5 Å². The lowest BCUT2D eigenvalue weighted by Gasteiger charge is -2.57. The van der Waals surface area contributed by atoms with Gasteiger partial charge in [-0.05, 0) is 55.7 Å². The Morgan fingerprint density at radius 1 is 1.37 bits per heavy atom. The van der Waals surface area contributed by atoms with Gasteiger partial charge in [-0.25, -0.2) is 0 Å². The number of nitrogens with zero attached hydrogens (tertiary/aromatic N) is 1. The topological polar surface area (TPSA) is 34.1 Å². The van der Waals surface area contributed by atoms with Gasteiger partial charge in [0.05, 0.1) is 16.8 Å². The summed E-state index contributed by atoms with van der Waals surface area (Å²) in [5, 5.41) is 4.19. The third-order valence-electron chi connectivity index (χ3n) is 4.63. The molecule has 4 heteroatoms. The SMILES string of the molecule is COC1CC2(CC(CNCc3ccc(Cl)cn3)C2)C1. The van der Waals surface area contributed by atoms with Crippen molar-refractivity contribution in [1.82, 2.24) is 10.3 Å². The van der Waals surface area contributed by atoms with E-state index in [1.165, 1.54) is 25.7 Å². The van der Waals surface area contributed by atoms with Crippen LogP contribution in [-0.2, 0) is 11.3 Å². The van der Waals surface area contributed by atoms with Crippen LogP contribution in [0.4, 0.5) is 0 Å². The van der Waals surface area contributed by atoms with Crippen LogP contribution in [-0.4, -0.2) is 24.7 Å². The van der Waals surface area contributed by atoms with E-state index in [4.69, 9.17) is 16.3 Å². The summed E-state index contributed by atoms with van der Waals surface area (Å²) >= 11 is 5.81. The van der Waals surface area contributed by atoms with Crippen LogP contribution >= 0.6 is 11.6 Å². The average molecular weight is 281 g/mol. The molecule has 0 atom stereocenters. The molecule has 0 bridgehead atoms. The third kappa shape index (κ3) is 2.93. The minimum absolute atomic E-state index is 0.534. The molecule has 19 heavy (non-hydrogen) atoms. The number of aromatic nitrogens is 1. The van der Waals surface area contributed by atoms with Crippen molar-refractivity contribution in [3.8, 4) is 0 Å². The molecule has 0 unspecified atom stereocenters. The van der Waals surface area contributed by atoms with Crippen molar-refractivity contribution in [3.63, 3.8) is 0 Å². The smallest absolute Gasteiger partial charge is 0.0589 e. The lowest BCUT2D eigenvalue weighted by atomic mass is 9.50. The minimum atomic E-state index is 0.534. The molecule has 0 amide bonds. The predicted molar refractivity (Wildman–Crippen MR) is 76.1 cm³/mol. The van der Waals surface area contributed by atoms with E-state index in [0.717, 1.165) is 24.7 Å². The maximum absolute atomic E-state index is 5.81. The Morgan fingerprint density at radius 3 is 2.79 bits per heavy atom. The van der Waals surface area contributed by atoms with E-state index in [2.05, 4.69) is 10.3 Å². The second kappa shape index (κ2) is 5.39. The zero-order chi connectivity index (χ0) is 13.3. The van der Waals surface area contributed by atoms with Crippen molar-refractivity contribution >= 4 is 11.6 Å². The summed E-state index contributed by atoms with van der Waals surface area (Å²) in [6.07, 6.45) is 7.53. The molecule has 104 valence electrons. The summed E-state index contributed by atoms with van der Waals surface area (Å²) in [6.45, 7) is 1.94. The normalized spacial score (nSPS) is 32.9. The van der Waals surface area contributed by atoms with Crippen LogP contribution in [0.25, 0.3) is 0 Å². The van der Waals surface area contributed by atoms with Gasteiger partial charge in [0.1, 0.15) is 0 Å². The van der Waals surface area contributed by atoms with Gasteiger partial charge in [-0.15, -0.1) is 0 Å². The van der Waals surface area contributed by atoms with Gasteiger partial charge in [0, 0.05) is 19.9 Å². The van der Waals surface area contributed by atoms with Crippen molar-refractivity contribution in [1.29, 1.82) is 0 Å². The Bertz CT molecular complexity index is 420. The number of ether oxygens (including phenoxy) is 1. The first-order valence-electron chi connectivity index (χ1n) is 7.03. The van der Waals surface area contributed by atoms with Crippen LogP contribution in [0.5, 0.6) is 0 Å². The first-order chi connectivity index (χ1) is 9.19. The largest absolute Gasteiger partial charge is 0.381 e. The summed E-state index contributed by atoms with van der Waals surface area (Å²) in [5.41, 5.74) is 1.70. The fraction of sp³-hybridized carbons (Fsp3) is 0.667. The van der Waals surface area contributed by atoms with E-state index in [1.807, 2.05) is 19.2 Å². The molecule has 2 saturated carbocycles. The van der Waals surface area contributed by atoms with Gasteiger partial charge >= 0.3 is 0 Å². The molecule has 0 aliphatic heterocycles. The zero-order valence-corrected chi connectivity index (χ0v) is 12.1. The Morgan fingerprint density at radius 2 is 2.16 bits per heavy atom. The molecule has 0 radical (unpaired) electrons. The number of hydrogen-bond acceptors (Lipinski definition) is 3. The predicted octanol–water partition coefficient (Wildman–Crippen LogP) is 3.03. The van der Waals surface area contributed by atoms with Gasteiger partial charge in [-0.2, -0.15) is 0 Å². The molecule has 2 fully saturated rings. The van der Waals surface area contributed by atoms with Gasteiger partial charge < -0.3 is 10.1 Å². The van der Waals surface area contributed by atoms with E-state index in [-0.39, 0.29) is 0 Å². The number of rotatable bonds is 5. The zero-order valence-electron chi connectivity index (χ0n) is 11.4. The minimum Gasteiger partial charge on any atom is -0.381 e. The Kier molecular flexibility index (Phi) is 3.79. The molecular weight excluding hydrogens is 260 g/mol. The molecule has 0 saturated heterocycles. The monoisotopic (exact) mass is 280 g/mol. The quantitative estimate of drug-likeness (QED) is 0.900. The van der Waals surface area contributed by atoms with E-state index >= 15 is 0 Å². The molecular formula is C15H21ClN2O. The van der Waals surface area contributed by atoms with Gasteiger partial charge in [-0.1, -0.05) is 11.6 Å². The Hall–Kier alpha value is -0.640. The van der Waals surface area contributed by atoms with E-state index in [9.17, 15) is 0 Å². The number of pyridine rings is 1. The van der Waals surface area contributed by atoms with Crippen LogP contribution in [0, 0.1) is 11.3 Å². The van der Waals surface area contributed by atoms with Crippen LogP contribution in [0.15, 0.2) is 18.3 Å². The molecule has 2 aliphatic rings. The number of hydrogen-bond donors (Lipinski definition) is 1. The maximum Gasteiger partial charge on any atom is 0.0589 e. The van der Waals surface area contributed by atoms with E-state index < -0.39 is 0 Å². The standard InChI is InChI=1S/C15H21ClN2O/c1-19-14-6-15(7-14)4-11(5-15)8-17-10-13-3-2-12(16)9-18-13/h2-3,9,11,14,17H,4-8,10H2,1H3. The van der Waals surface area contributed by atoms with E-state index in [1.54, 1.807) is 6.20 Å². The highest BCUT2D eigenvalue weighted by Gasteiger charge is 2.52. The number of methoxy groups -OCH3 is 1. The molecule has 3 nitrogen and oxygen atoms in total. The van der Waals surface area contributed by atoms with Crippen molar-refractivity contribution in [2.45, 2.75) is 38.3 Å². The summed E-state index contributed by atoms with van der Waals surface area (Å²) in [5.74, 6) is 0.838. The first kappa shape index (κ1) is 13.3. The highest BCUT2D eigenvalue weighted by molar-refractivity contribution is 6.30. The third-order valence-corrected chi connectivity index (χ3v) is 4.85. The van der Waals surface area contributed by atoms with Gasteiger partial charge in [0.15, 0.2) is 0 Å². The summed E-state index contributed by atoms with van der Waals surface area (Å²) in [7, 11) is 1.83. The molecule has 1 aromatic rings. The highest BCUT2D eigenvalue weighted by atomic mass is 35.5. The Balaban J connectivity index is 1.33. The second-order valence-corrected chi connectivity index (χ2v) is 6.58. The molecule has 1 spiro atoms. The second-order valence-electron chi connectivity index (χ2n) is 6.14.